The molecule has 2 fully saturated rings. The van der Waals surface area contributed by atoms with E-state index in [2.05, 4.69) is 18.5 Å². The molecular formula is C20H27NO4. The van der Waals surface area contributed by atoms with E-state index in [4.69, 9.17) is 18.9 Å². The van der Waals surface area contributed by atoms with Crippen LogP contribution >= 0.6 is 0 Å². The summed E-state index contributed by atoms with van der Waals surface area (Å²) in [7, 11) is 1.66. The molecule has 6 atom stereocenters. The number of methoxy groups -OCH3 is 1. The van der Waals surface area contributed by atoms with Gasteiger partial charge in [-0.3, -0.25) is 0 Å². The SMILES string of the molecule is C=CCN[C@H]1[C@@H](OC)O[C@@H]2COC(c3ccccc3)O[C@H]2[C@@H]1CC=C. The normalized spacial score (nSPS) is 34.9. The number of hydrogen-bond acceptors (Lipinski definition) is 5. The van der Waals surface area contributed by atoms with Crippen LogP contribution in [0.25, 0.3) is 0 Å². The third kappa shape index (κ3) is 4.02. The van der Waals surface area contributed by atoms with Crippen molar-refractivity contribution in [1.29, 1.82) is 0 Å². The minimum atomic E-state index is -0.377. The van der Waals surface area contributed by atoms with Crippen LogP contribution in [0.15, 0.2) is 55.6 Å². The molecule has 3 rings (SSSR count). The van der Waals surface area contributed by atoms with E-state index in [-0.39, 0.29) is 36.7 Å². The second-order valence-electron chi connectivity index (χ2n) is 6.37. The maximum Gasteiger partial charge on any atom is 0.184 e. The Kier molecular flexibility index (Phi) is 6.39. The monoisotopic (exact) mass is 345 g/mol. The van der Waals surface area contributed by atoms with Gasteiger partial charge in [0.1, 0.15) is 6.10 Å². The highest BCUT2D eigenvalue weighted by Crippen LogP contribution is 2.38. The quantitative estimate of drug-likeness (QED) is 0.770. The first kappa shape index (κ1) is 18.3. The molecule has 2 aliphatic heterocycles. The number of rotatable bonds is 7. The second kappa shape index (κ2) is 8.74. The summed E-state index contributed by atoms with van der Waals surface area (Å²) in [4.78, 5) is 0. The van der Waals surface area contributed by atoms with Crippen molar-refractivity contribution in [2.24, 2.45) is 5.92 Å². The van der Waals surface area contributed by atoms with E-state index >= 15 is 0 Å². The van der Waals surface area contributed by atoms with Gasteiger partial charge in [0.25, 0.3) is 0 Å². The average Bonchev–Trinajstić information content (AvgIpc) is 2.67. The fourth-order valence-electron chi connectivity index (χ4n) is 3.63. The van der Waals surface area contributed by atoms with Crippen molar-refractivity contribution in [2.75, 3.05) is 20.3 Å². The Morgan fingerprint density at radius 2 is 2.00 bits per heavy atom. The van der Waals surface area contributed by atoms with Crippen LogP contribution in [0.5, 0.6) is 0 Å². The Hall–Kier alpha value is -1.50. The molecule has 2 heterocycles. The molecule has 0 aliphatic carbocycles. The summed E-state index contributed by atoms with van der Waals surface area (Å²) < 4.78 is 23.9. The van der Waals surface area contributed by atoms with Gasteiger partial charge in [-0.05, 0) is 6.42 Å². The summed E-state index contributed by atoms with van der Waals surface area (Å²) in [6.45, 7) is 8.86. The molecule has 1 N–H and O–H groups in total. The number of hydrogen-bond donors (Lipinski definition) is 1. The van der Waals surface area contributed by atoms with Crippen LogP contribution in [-0.4, -0.2) is 44.8 Å². The number of nitrogens with one attached hydrogen (secondary N) is 1. The molecule has 0 bridgehead atoms. The maximum absolute atomic E-state index is 6.33. The highest BCUT2D eigenvalue weighted by Gasteiger charge is 2.49. The van der Waals surface area contributed by atoms with Gasteiger partial charge in [-0.1, -0.05) is 42.5 Å². The Labute approximate surface area is 149 Å². The van der Waals surface area contributed by atoms with Crippen LogP contribution in [0.3, 0.4) is 0 Å². The molecule has 0 aromatic heterocycles. The van der Waals surface area contributed by atoms with Crippen LogP contribution in [0, 0.1) is 5.92 Å². The fraction of sp³-hybridized carbons (Fsp3) is 0.500. The van der Waals surface area contributed by atoms with E-state index in [1.807, 2.05) is 42.5 Å². The third-order valence-corrected chi connectivity index (χ3v) is 4.79. The molecule has 0 radical (unpaired) electrons. The summed E-state index contributed by atoms with van der Waals surface area (Å²) >= 11 is 0. The lowest BCUT2D eigenvalue weighted by Gasteiger charge is -2.49. The van der Waals surface area contributed by atoms with E-state index in [0.717, 1.165) is 12.0 Å². The second-order valence-corrected chi connectivity index (χ2v) is 6.37. The summed E-state index contributed by atoms with van der Waals surface area (Å²) in [5.74, 6) is 0.177. The number of ether oxygens (including phenoxy) is 4. The lowest BCUT2D eigenvalue weighted by Crippen LogP contribution is -2.63. The standard InChI is InChI=1S/C20H27NO4/c1-4-9-15-17(21-12-5-2)20(22-3)24-16-13-23-19(25-18(15)16)14-10-7-6-8-11-14/h4-8,10-11,15-21H,1-2,9,12-13H2,3H3/t15-,16-,17-,18+,19?,20+/m1/s1. The zero-order valence-corrected chi connectivity index (χ0v) is 14.7. The van der Waals surface area contributed by atoms with Crippen molar-refractivity contribution >= 4 is 0 Å². The van der Waals surface area contributed by atoms with Gasteiger partial charge in [0.2, 0.25) is 0 Å². The highest BCUT2D eigenvalue weighted by molar-refractivity contribution is 5.16. The summed E-state index contributed by atoms with van der Waals surface area (Å²) in [6, 6.07) is 9.99. The lowest BCUT2D eigenvalue weighted by molar-refractivity contribution is -0.334. The van der Waals surface area contributed by atoms with Crippen LogP contribution in [-0.2, 0) is 18.9 Å². The number of benzene rings is 1. The lowest BCUT2D eigenvalue weighted by atomic mass is 9.84. The Morgan fingerprint density at radius 3 is 2.68 bits per heavy atom. The molecule has 5 nitrogen and oxygen atoms in total. The van der Waals surface area contributed by atoms with Gasteiger partial charge in [-0.15, -0.1) is 13.2 Å². The van der Waals surface area contributed by atoms with Crippen molar-refractivity contribution in [3.05, 3.63) is 61.2 Å². The predicted molar refractivity (Wildman–Crippen MR) is 96.0 cm³/mol. The molecule has 136 valence electrons. The van der Waals surface area contributed by atoms with Crippen LogP contribution in [0.4, 0.5) is 0 Å². The van der Waals surface area contributed by atoms with Crippen molar-refractivity contribution in [1.82, 2.24) is 5.32 Å². The minimum absolute atomic E-state index is 0.00299. The summed E-state index contributed by atoms with van der Waals surface area (Å²) in [5, 5.41) is 3.46. The van der Waals surface area contributed by atoms with E-state index in [9.17, 15) is 0 Å². The van der Waals surface area contributed by atoms with E-state index in [0.29, 0.717) is 13.2 Å². The van der Waals surface area contributed by atoms with Crippen molar-refractivity contribution in [3.63, 3.8) is 0 Å². The predicted octanol–water partition coefficient (Wildman–Crippen LogP) is 2.81. The Bertz CT molecular complexity index is 564. The zero-order valence-electron chi connectivity index (χ0n) is 14.7. The molecule has 5 heteroatoms. The van der Waals surface area contributed by atoms with E-state index in [1.54, 1.807) is 7.11 Å². The maximum atomic E-state index is 6.33. The fourth-order valence-corrected chi connectivity index (χ4v) is 3.63. The molecule has 0 saturated carbocycles. The van der Waals surface area contributed by atoms with Crippen molar-refractivity contribution in [2.45, 2.75) is 37.3 Å². The zero-order chi connectivity index (χ0) is 17.6. The van der Waals surface area contributed by atoms with Gasteiger partial charge in [-0.25, -0.2) is 0 Å². The van der Waals surface area contributed by atoms with Crippen LogP contribution in [0.2, 0.25) is 0 Å². The highest BCUT2D eigenvalue weighted by atomic mass is 16.7. The first-order valence-electron chi connectivity index (χ1n) is 8.74. The van der Waals surface area contributed by atoms with Gasteiger partial charge in [0.05, 0.1) is 18.8 Å². The van der Waals surface area contributed by atoms with Crippen LogP contribution < -0.4 is 5.32 Å². The van der Waals surface area contributed by atoms with Gasteiger partial charge in [0, 0.05) is 25.1 Å². The van der Waals surface area contributed by atoms with E-state index in [1.165, 1.54) is 0 Å². The molecule has 1 aromatic rings. The molecule has 1 aromatic carbocycles. The van der Waals surface area contributed by atoms with E-state index < -0.39 is 0 Å². The average molecular weight is 345 g/mol. The molecule has 0 spiro atoms. The number of fused-ring (bicyclic) bond motifs is 1. The van der Waals surface area contributed by atoms with Gasteiger partial charge >= 0.3 is 0 Å². The van der Waals surface area contributed by atoms with Crippen molar-refractivity contribution in [3.8, 4) is 0 Å². The smallest absolute Gasteiger partial charge is 0.184 e. The topological polar surface area (TPSA) is 49.0 Å². The van der Waals surface area contributed by atoms with Crippen molar-refractivity contribution < 1.29 is 18.9 Å². The Morgan fingerprint density at radius 1 is 1.20 bits per heavy atom. The van der Waals surface area contributed by atoms with Gasteiger partial charge < -0.3 is 24.3 Å². The first-order chi connectivity index (χ1) is 12.3. The van der Waals surface area contributed by atoms with Crippen LogP contribution in [0.1, 0.15) is 18.3 Å². The summed E-state index contributed by atoms with van der Waals surface area (Å²) in [5.41, 5.74) is 1.02. The largest absolute Gasteiger partial charge is 0.354 e. The number of allylic oxidation sites excluding steroid dienone is 1. The molecule has 2 aliphatic rings. The molecule has 2 saturated heterocycles. The molecule has 0 amide bonds. The first-order valence-corrected chi connectivity index (χ1v) is 8.74. The van der Waals surface area contributed by atoms with Gasteiger partial charge in [0.15, 0.2) is 12.6 Å². The minimum Gasteiger partial charge on any atom is -0.354 e. The third-order valence-electron chi connectivity index (χ3n) is 4.79. The molecule has 1 unspecified atom stereocenters. The Balaban J connectivity index is 1.81. The molecule has 25 heavy (non-hydrogen) atoms. The van der Waals surface area contributed by atoms with Gasteiger partial charge in [-0.2, -0.15) is 0 Å². The summed E-state index contributed by atoms with van der Waals surface area (Å²) in [6.07, 6.45) is 3.59. The molecular weight excluding hydrogens is 318 g/mol.